The van der Waals surface area contributed by atoms with Crippen LogP contribution < -0.4 is 10.5 Å². The first-order valence-corrected chi connectivity index (χ1v) is 8.19. The second-order valence-corrected chi connectivity index (χ2v) is 6.25. The molecule has 0 aromatic carbocycles. The summed E-state index contributed by atoms with van der Waals surface area (Å²) in [7, 11) is 1.72. The average Bonchev–Trinajstić information content (AvgIpc) is 2.58. The average molecular weight is 349 g/mol. The van der Waals surface area contributed by atoms with Crippen molar-refractivity contribution in [2.24, 2.45) is 7.05 Å². The van der Waals surface area contributed by atoms with Crippen LogP contribution in [-0.2, 0) is 13.6 Å². The van der Waals surface area contributed by atoms with Crippen molar-refractivity contribution in [2.75, 3.05) is 31.1 Å². The smallest absolute Gasteiger partial charge is 0.280 e. The lowest BCUT2D eigenvalue weighted by Crippen LogP contribution is -2.46. The van der Waals surface area contributed by atoms with Crippen LogP contribution in [0.2, 0.25) is 0 Å². The van der Waals surface area contributed by atoms with E-state index in [-0.39, 0.29) is 11.3 Å². The number of aryl methyl sites for hydroxylation is 2. The van der Waals surface area contributed by atoms with Gasteiger partial charge in [0.25, 0.3) is 12.0 Å². The van der Waals surface area contributed by atoms with E-state index in [0.717, 1.165) is 18.7 Å². The van der Waals surface area contributed by atoms with Crippen LogP contribution in [0.5, 0.6) is 0 Å². The lowest BCUT2D eigenvalue weighted by Gasteiger charge is -2.35. The Bertz CT molecular complexity index is 800. The number of hydrogen-bond acceptors (Lipinski definition) is 5. The Balaban J connectivity index is 1.63. The second-order valence-electron chi connectivity index (χ2n) is 6.25. The van der Waals surface area contributed by atoms with Crippen molar-refractivity contribution >= 4 is 5.82 Å². The van der Waals surface area contributed by atoms with E-state index in [2.05, 4.69) is 14.9 Å². The molecule has 25 heavy (non-hydrogen) atoms. The van der Waals surface area contributed by atoms with Crippen molar-refractivity contribution in [1.29, 1.82) is 0 Å². The molecule has 1 fully saturated rings. The zero-order valence-electron chi connectivity index (χ0n) is 14.3. The van der Waals surface area contributed by atoms with Crippen LogP contribution in [0.15, 0.2) is 29.2 Å². The van der Waals surface area contributed by atoms with E-state index in [4.69, 9.17) is 0 Å². The largest absolute Gasteiger partial charge is 0.354 e. The summed E-state index contributed by atoms with van der Waals surface area (Å²) in [6.45, 7) is 5.29. The molecule has 1 saturated heterocycles. The molecule has 3 rings (SSSR count). The molecule has 0 atom stereocenters. The minimum Gasteiger partial charge on any atom is -0.354 e. The highest BCUT2D eigenvalue weighted by Crippen LogP contribution is 2.22. The molecule has 2 aromatic heterocycles. The van der Waals surface area contributed by atoms with E-state index in [1.54, 1.807) is 30.8 Å². The van der Waals surface area contributed by atoms with E-state index < -0.39 is 6.43 Å². The van der Waals surface area contributed by atoms with Crippen LogP contribution in [0.3, 0.4) is 0 Å². The zero-order chi connectivity index (χ0) is 18.0. The Kier molecular flexibility index (Phi) is 5.08. The van der Waals surface area contributed by atoms with Crippen LogP contribution in [0.4, 0.5) is 14.6 Å². The van der Waals surface area contributed by atoms with Gasteiger partial charge in [0.2, 0.25) is 0 Å². The predicted octanol–water partition coefficient (Wildman–Crippen LogP) is 1.74. The summed E-state index contributed by atoms with van der Waals surface area (Å²) in [5.41, 5.74) is 0.728. The second kappa shape index (κ2) is 7.26. The van der Waals surface area contributed by atoms with E-state index in [0.29, 0.717) is 31.3 Å². The fraction of sp³-hybridized carbons (Fsp3) is 0.471. The first-order valence-electron chi connectivity index (χ1n) is 8.19. The number of anilines is 1. The van der Waals surface area contributed by atoms with E-state index in [1.807, 2.05) is 11.0 Å². The molecule has 3 heterocycles. The van der Waals surface area contributed by atoms with Crippen molar-refractivity contribution < 1.29 is 8.78 Å². The number of piperazine rings is 1. The fourth-order valence-electron chi connectivity index (χ4n) is 2.93. The van der Waals surface area contributed by atoms with E-state index >= 15 is 0 Å². The van der Waals surface area contributed by atoms with Gasteiger partial charge in [0.1, 0.15) is 17.3 Å². The van der Waals surface area contributed by atoms with Crippen molar-refractivity contribution in [2.45, 2.75) is 19.9 Å². The van der Waals surface area contributed by atoms with Gasteiger partial charge in [0.05, 0.1) is 0 Å². The normalized spacial score (nSPS) is 15.8. The van der Waals surface area contributed by atoms with Gasteiger partial charge >= 0.3 is 0 Å². The molecule has 0 amide bonds. The van der Waals surface area contributed by atoms with Gasteiger partial charge in [-0.15, -0.1) is 0 Å². The van der Waals surface area contributed by atoms with Crippen LogP contribution in [0.25, 0.3) is 0 Å². The standard InChI is InChI=1S/C17H21F2N5O/c1-12-20-14(17(18)19)10-15(21-12)24-7-5-23(6-8-24)11-13-3-4-22(2)16(25)9-13/h3-4,9-10,17H,5-8,11H2,1-2H3. The molecule has 0 N–H and O–H groups in total. The van der Waals surface area contributed by atoms with Gasteiger partial charge in [0.15, 0.2) is 0 Å². The zero-order valence-corrected chi connectivity index (χ0v) is 14.3. The molecule has 0 spiro atoms. The Hall–Kier alpha value is -2.35. The molecule has 8 heteroatoms. The Morgan fingerprint density at radius 1 is 1.16 bits per heavy atom. The topological polar surface area (TPSA) is 54.3 Å². The van der Waals surface area contributed by atoms with Crippen molar-refractivity contribution in [1.82, 2.24) is 19.4 Å². The summed E-state index contributed by atoms with van der Waals surface area (Å²) in [6.07, 6.45) is -0.828. The maximum absolute atomic E-state index is 12.9. The Morgan fingerprint density at radius 3 is 2.52 bits per heavy atom. The highest BCUT2D eigenvalue weighted by Gasteiger charge is 2.20. The number of alkyl halides is 2. The Labute approximate surface area is 144 Å². The molecule has 1 aliphatic rings. The first-order chi connectivity index (χ1) is 11.9. The molecule has 0 saturated carbocycles. The van der Waals surface area contributed by atoms with Crippen LogP contribution in [-0.4, -0.2) is 45.6 Å². The Morgan fingerprint density at radius 2 is 1.88 bits per heavy atom. The van der Waals surface area contributed by atoms with Crippen LogP contribution in [0, 0.1) is 6.92 Å². The van der Waals surface area contributed by atoms with E-state index in [1.165, 1.54) is 6.07 Å². The SMILES string of the molecule is Cc1nc(C(F)F)cc(N2CCN(Cc3ccn(C)c(=O)c3)CC2)n1. The number of hydrogen-bond donors (Lipinski definition) is 0. The third kappa shape index (κ3) is 4.19. The molecule has 6 nitrogen and oxygen atoms in total. The molecule has 0 radical (unpaired) electrons. The lowest BCUT2D eigenvalue weighted by molar-refractivity contribution is 0.145. The van der Waals surface area contributed by atoms with Crippen LogP contribution in [0.1, 0.15) is 23.5 Å². The molecule has 0 bridgehead atoms. The molecule has 0 unspecified atom stereocenters. The minimum absolute atomic E-state index is 0.0212. The van der Waals surface area contributed by atoms with E-state index in [9.17, 15) is 13.6 Å². The minimum atomic E-state index is -2.59. The lowest BCUT2D eigenvalue weighted by atomic mass is 10.2. The highest BCUT2D eigenvalue weighted by molar-refractivity contribution is 5.40. The molecular weight excluding hydrogens is 328 g/mol. The molecule has 0 aliphatic carbocycles. The number of nitrogens with zero attached hydrogens (tertiary/aromatic N) is 5. The molecule has 134 valence electrons. The number of pyridine rings is 1. The van der Waals surface area contributed by atoms with Crippen molar-refractivity contribution in [3.63, 3.8) is 0 Å². The van der Waals surface area contributed by atoms with Gasteiger partial charge in [0, 0.05) is 58.1 Å². The maximum atomic E-state index is 12.9. The number of aromatic nitrogens is 3. The fourth-order valence-corrected chi connectivity index (χ4v) is 2.93. The third-order valence-electron chi connectivity index (χ3n) is 4.34. The van der Waals surface area contributed by atoms with Gasteiger partial charge in [-0.05, 0) is 18.6 Å². The number of halogens is 2. The summed E-state index contributed by atoms with van der Waals surface area (Å²) < 4.78 is 27.4. The number of rotatable bonds is 4. The summed E-state index contributed by atoms with van der Waals surface area (Å²) in [6, 6.07) is 4.96. The van der Waals surface area contributed by atoms with Crippen molar-refractivity contribution in [3.8, 4) is 0 Å². The van der Waals surface area contributed by atoms with Crippen LogP contribution >= 0.6 is 0 Å². The highest BCUT2D eigenvalue weighted by atomic mass is 19.3. The van der Waals surface area contributed by atoms with Crippen molar-refractivity contribution in [3.05, 3.63) is 51.8 Å². The molecular formula is C17H21F2N5O. The molecule has 1 aliphatic heterocycles. The maximum Gasteiger partial charge on any atom is 0.280 e. The van der Waals surface area contributed by atoms with Gasteiger partial charge < -0.3 is 9.47 Å². The monoisotopic (exact) mass is 349 g/mol. The first kappa shape index (κ1) is 17.5. The van der Waals surface area contributed by atoms with Gasteiger partial charge in [-0.25, -0.2) is 18.7 Å². The van der Waals surface area contributed by atoms with Gasteiger partial charge in [-0.1, -0.05) is 0 Å². The summed E-state index contributed by atoms with van der Waals surface area (Å²) in [4.78, 5) is 24.0. The molecule has 2 aromatic rings. The summed E-state index contributed by atoms with van der Waals surface area (Å²) >= 11 is 0. The summed E-state index contributed by atoms with van der Waals surface area (Å²) in [5.74, 6) is 0.909. The summed E-state index contributed by atoms with van der Waals surface area (Å²) in [5, 5.41) is 0. The quantitative estimate of drug-likeness (QED) is 0.842. The van der Waals surface area contributed by atoms with Gasteiger partial charge in [-0.3, -0.25) is 9.69 Å². The van der Waals surface area contributed by atoms with Gasteiger partial charge in [-0.2, -0.15) is 0 Å². The predicted molar refractivity (Wildman–Crippen MR) is 90.9 cm³/mol. The third-order valence-corrected chi connectivity index (χ3v) is 4.34.